The molecule has 1 aromatic rings. The van der Waals surface area contributed by atoms with Crippen LogP contribution in [0.4, 0.5) is 0 Å². The number of H-pyrrole nitrogens is 1. The molecule has 1 heterocycles. The molecule has 0 aromatic carbocycles. The minimum absolute atomic E-state index is 0.651. The summed E-state index contributed by atoms with van der Waals surface area (Å²) in [5.74, 6) is 1.01. The van der Waals surface area contributed by atoms with E-state index in [0.717, 1.165) is 30.1 Å². The van der Waals surface area contributed by atoms with Crippen LogP contribution in [0.1, 0.15) is 30.6 Å². The first kappa shape index (κ1) is 13.2. The zero-order valence-electron chi connectivity index (χ0n) is 9.70. The second-order valence-corrected chi connectivity index (χ2v) is 4.79. The molecule has 88 valence electrons. The molecule has 6 heteroatoms. The number of hydrazone groups is 1. The van der Waals surface area contributed by atoms with Crippen molar-refractivity contribution >= 4 is 34.5 Å². The SMILES string of the molecule is CCCc1nc(C=NNC(=S)SC)c(C)[nH]1. The van der Waals surface area contributed by atoms with Crippen molar-refractivity contribution < 1.29 is 0 Å². The number of imidazole rings is 1. The molecule has 0 radical (unpaired) electrons. The summed E-state index contributed by atoms with van der Waals surface area (Å²) in [4.78, 5) is 7.66. The Hall–Kier alpha value is -0.880. The molecule has 0 unspecified atom stereocenters. The molecule has 0 saturated carbocycles. The number of thioether (sulfide) groups is 1. The molecule has 0 amide bonds. The third kappa shape index (κ3) is 3.94. The highest BCUT2D eigenvalue weighted by molar-refractivity contribution is 8.22. The van der Waals surface area contributed by atoms with Gasteiger partial charge in [-0.05, 0) is 19.6 Å². The van der Waals surface area contributed by atoms with Gasteiger partial charge >= 0.3 is 0 Å². The summed E-state index contributed by atoms with van der Waals surface area (Å²) >= 11 is 6.42. The molecule has 16 heavy (non-hydrogen) atoms. The van der Waals surface area contributed by atoms with Gasteiger partial charge in [-0.1, -0.05) is 30.9 Å². The van der Waals surface area contributed by atoms with Crippen molar-refractivity contribution in [3.8, 4) is 0 Å². The quantitative estimate of drug-likeness (QED) is 0.493. The predicted octanol–water partition coefficient (Wildman–Crippen LogP) is 2.24. The Kier molecular flexibility index (Phi) is 5.48. The lowest BCUT2D eigenvalue weighted by Gasteiger charge is -1.95. The average molecular weight is 256 g/mol. The summed E-state index contributed by atoms with van der Waals surface area (Å²) in [6.45, 7) is 4.12. The lowest BCUT2D eigenvalue weighted by atomic mass is 10.3. The standard InChI is InChI=1S/C10H16N4S2/c1-4-5-9-12-7(2)8(13-9)6-11-14-10(15)16-3/h6H,4-5H2,1-3H3,(H,12,13)(H,14,15). The molecule has 1 aromatic heterocycles. The normalized spacial score (nSPS) is 10.9. The minimum atomic E-state index is 0.651. The number of nitrogens with one attached hydrogen (secondary N) is 2. The fourth-order valence-corrected chi connectivity index (χ4v) is 1.41. The molecule has 0 atom stereocenters. The van der Waals surface area contributed by atoms with E-state index in [4.69, 9.17) is 12.2 Å². The van der Waals surface area contributed by atoms with Gasteiger partial charge in [0.2, 0.25) is 0 Å². The molecule has 0 aliphatic rings. The van der Waals surface area contributed by atoms with Gasteiger partial charge in [0.05, 0.1) is 6.21 Å². The van der Waals surface area contributed by atoms with Crippen molar-refractivity contribution in [2.24, 2.45) is 5.10 Å². The molecular formula is C10H16N4S2. The smallest absolute Gasteiger partial charge is 0.153 e. The first-order chi connectivity index (χ1) is 7.67. The van der Waals surface area contributed by atoms with Crippen LogP contribution >= 0.6 is 24.0 Å². The first-order valence-electron chi connectivity index (χ1n) is 5.09. The maximum Gasteiger partial charge on any atom is 0.153 e. The van der Waals surface area contributed by atoms with Crippen LogP contribution in [-0.2, 0) is 6.42 Å². The average Bonchev–Trinajstić information content (AvgIpc) is 2.60. The number of nitrogens with zero attached hydrogens (tertiary/aromatic N) is 2. The Morgan fingerprint density at radius 3 is 3.06 bits per heavy atom. The molecule has 0 fully saturated rings. The van der Waals surface area contributed by atoms with Gasteiger partial charge in [-0.25, -0.2) is 4.98 Å². The predicted molar refractivity (Wildman–Crippen MR) is 74.2 cm³/mol. The van der Waals surface area contributed by atoms with Crippen molar-refractivity contribution in [1.82, 2.24) is 15.4 Å². The monoisotopic (exact) mass is 256 g/mol. The van der Waals surface area contributed by atoms with Gasteiger partial charge in [0.25, 0.3) is 0 Å². The second kappa shape index (κ2) is 6.65. The van der Waals surface area contributed by atoms with Crippen LogP contribution < -0.4 is 5.43 Å². The maximum atomic E-state index is 4.96. The van der Waals surface area contributed by atoms with Gasteiger partial charge in [-0.15, -0.1) is 0 Å². The number of hydrogen-bond donors (Lipinski definition) is 2. The fraction of sp³-hybridized carbons (Fsp3) is 0.500. The highest BCUT2D eigenvalue weighted by Gasteiger charge is 2.03. The zero-order chi connectivity index (χ0) is 12.0. The van der Waals surface area contributed by atoms with Gasteiger partial charge in [0.15, 0.2) is 4.32 Å². The number of aromatic amines is 1. The topological polar surface area (TPSA) is 53.1 Å². The first-order valence-corrected chi connectivity index (χ1v) is 6.73. The Labute approximate surface area is 105 Å². The number of thiocarbonyl (C=S) groups is 1. The Morgan fingerprint density at radius 1 is 1.69 bits per heavy atom. The summed E-state index contributed by atoms with van der Waals surface area (Å²) in [5, 5.41) is 4.03. The van der Waals surface area contributed by atoms with E-state index in [1.54, 1.807) is 6.21 Å². The van der Waals surface area contributed by atoms with E-state index < -0.39 is 0 Å². The van der Waals surface area contributed by atoms with Crippen molar-refractivity contribution in [1.29, 1.82) is 0 Å². The summed E-state index contributed by atoms with van der Waals surface area (Å²) < 4.78 is 0.651. The van der Waals surface area contributed by atoms with Gasteiger partial charge in [-0.2, -0.15) is 5.10 Å². The zero-order valence-corrected chi connectivity index (χ0v) is 11.3. The highest BCUT2D eigenvalue weighted by atomic mass is 32.2. The fourth-order valence-electron chi connectivity index (χ4n) is 1.21. The van der Waals surface area contributed by atoms with Gasteiger partial charge in [-0.3, -0.25) is 5.43 Å². The summed E-state index contributed by atoms with van der Waals surface area (Å²) in [5.41, 5.74) is 4.65. The van der Waals surface area contributed by atoms with E-state index in [1.807, 2.05) is 13.2 Å². The van der Waals surface area contributed by atoms with Gasteiger partial charge in [0, 0.05) is 12.1 Å². The molecule has 4 nitrogen and oxygen atoms in total. The van der Waals surface area contributed by atoms with E-state index >= 15 is 0 Å². The molecule has 1 rings (SSSR count). The van der Waals surface area contributed by atoms with Crippen LogP contribution in [0.15, 0.2) is 5.10 Å². The van der Waals surface area contributed by atoms with Crippen LogP contribution in [0.3, 0.4) is 0 Å². The van der Waals surface area contributed by atoms with E-state index in [2.05, 4.69) is 27.4 Å². The van der Waals surface area contributed by atoms with Crippen LogP contribution in [0.25, 0.3) is 0 Å². The third-order valence-electron chi connectivity index (χ3n) is 1.99. The summed E-state index contributed by atoms with van der Waals surface area (Å²) in [7, 11) is 0. The number of hydrogen-bond acceptors (Lipinski definition) is 4. The maximum absolute atomic E-state index is 4.96. The third-order valence-corrected chi connectivity index (χ3v) is 3.04. The Morgan fingerprint density at radius 2 is 2.44 bits per heavy atom. The lowest BCUT2D eigenvalue weighted by Crippen LogP contribution is -2.10. The van der Waals surface area contributed by atoms with Crippen molar-refractivity contribution in [3.05, 3.63) is 17.2 Å². The molecule has 0 saturated heterocycles. The summed E-state index contributed by atoms with van der Waals surface area (Å²) in [6.07, 6.45) is 5.64. The molecule has 0 bridgehead atoms. The minimum Gasteiger partial charge on any atom is -0.346 e. The number of rotatable bonds is 4. The molecule has 2 N–H and O–H groups in total. The van der Waals surface area contributed by atoms with E-state index in [-0.39, 0.29) is 0 Å². The highest BCUT2D eigenvalue weighted by Crippen LogP contribution is 2.04. The molecule has 0 aliphatic carbocycles. The van der Waals surface area contributed by atoms with E-state index in [1.165, 1.54) is 11.8 Å². The number of aromatic nitrogens is 2. The van der Waals surface area contributed by atoms with Crippen LogP contribution in [0, 0.1) is 6.92 Å². The van der Waals surface area contributed by atoms with Gasteiger partial charge < -0.3 is 4.98 Å². The largest absolute Gasteiger partial charge is 0.346 e. The van der Waals surface area contributed by atoms with Crippen molar-refractivity contribution in [2.45, 2.75) is 26.7 Å². The van der Waals surface area contributed by atoms with Crippen molar-refractivity contribution in [2.75, 3.05) is 6.26 Å². The number of aryl methyl sites for hydroxylation is 2. The molecular weight excluding hydrogens is 240 g/mol. The lowest BCUT2D eigenvalue weighted by molar-refractivity contribution is 0.853. The molecule has 0 aliphatic heterocycles. The van der Waals surface area contributed by atoms with Crippen LogP contribution in [0.2, 0.25) is 0 Å². The van der Waals surface area contributed by atoms with Crippen LogP contribution in [0.5, 0.6) is 0 Å². The second-order valence-electron chi connectivity index (χ2n) is 3.31. The van der Waals surface area contributed by atoms with Crippen LogP contribution in [-0.4, -0.2) is 26.8 Å². The summed E-state index contributed by atoms with van der Waals surface area (Å²) in [6, 6.07) is 0. The Balaban J connectivity index is 2.62. The van der Waals surface area contributed by atoms with Gasteiger partial charge in [0.1, 0.15) is 11.5 Å². The Bertz CT molecular complexity index is 384. The van der Waals surface area contributed by atoms with Crippen molar-refractivity contribution in [3.63, 3.8) is 0 Å². The van der Waals surface area contributed by atoms with E-state index in [9.17, 15) is 0 Å². The van der Waals surface area contributed by atoms with E-state index in [0.29, 0.717) is 4.32 Å². The molecule has 0 spiro atoms.